The minimum atomic E-state index is -0.0303. The summed E-state index contributed by atoms with van der Waals surface area (Å²) in [7, 11) is 0. The average Bonchev–Trinajstić information content (AvgIpc) is 2.85. The highest BCUT2D eigenvalue weighted by Crippen LogP contribution is 2.24. The van der Waals surface area contributed by atoms with Crippen molar-refractivity contribution in [3.63, 3.8) is 0 Å². The zero-order valence-electron chi connectivity index (χ0n) is 18.0. The summed E-state index contributed by atoms with van der Waals surface area (Å²) >= 11 is 0. The third-order valence-electron chi connectivity index (χ3n) is 6.21. The third-order valence-corrected chi connectivity index (χ3v) is 6.21. The summed E-state index contributed by atoms with van der Waals surface area (Å²) in [6.45, 7) is 3.18. The fraction of sp³-hybridized carbons (Fsp3) is 0.222. The van der Waals surface area contributed by atoms with E-state index in [0.29, 0.717) is 5.56 Å². The molecule has 2 N–H and O–H groups in total. The van der Waals surface area contributed by atoms with Crippen molar-refractivity contribution in [2.75, 3.05) is 13.1 Å². The van der Waals surface area contributed by atoms with Gasteiger partial charge in [-0.3, -0.25) is 9.78 Å². The van der Waals surface area contributed by atoms with Crippen molar-refractivity contribution in [3.8, 4) is 11.4 Å². The number of amides is 1. The molecule has 2 aromatic carbocycles. The second kappa shape index (κ2) is 9.28. The van der Waals surface area contributed by atoms with E-state index >= 15 is 0 Å². The Morgan fingerprint density at radius 2 is 1.66 bits per heavy atom. The van der Waals surface area contributed by atoms with E-state index in [1.54, 1.807) is 11.1 Å². The number of nitrogens with zero attached hydrogens (tertiary/aromatic N) is 2. The molecule has 1 fully saturated rings. The van der Waals surface area contributed by atoms with E-state index in [1.807, 2.05) is 48.5 Å². The van der Waals surface area contributed by atoms with Crippen LogP contribution in [0.4, 0.5) is 0 Å². The Morgan fingerprint density at radius 1 is 0.906 bits per heavy atom. The maximum Gasteiger partial charge on any atom is 0.252 e. The molecule has 1 aliphatic rings. The second-order valence-corrected chi connectivity index (χ2v) is 8.45. The lowest BCUT2D eigenvalue weighted by molar-refractivity contribution is -0.918. The molecule has 1 aliphatic heterocycles. The standard InChI is InChI=1S/C27H26N4O/c32-27(29-21-13-16-31(17-14-21)19-20-8-2-1-3-9-20)23-18-26(25-12-6-7-15-28-25)30-24-11-5-4-10-22(23)24/h1-12,15,18,21H,13-14,16-17,19H2,(H,29,32)/p+1. The Balaban J connectivity index is 1.31. The van der Waals surface area contributed by atoms with Gasteiger partial charge in [-0.2, -0.15) is 0 Å². The average molecular weight is 424 g/mol. The molecule has 0 aliphatic carbocycles. The van der Waals surface area contributed by atoms with Gasteiger partial charge in [-0.1, -0.05) is 54.6 Å². The summed E-state index contributed by atoms with van der Waals surface area (Å²) in [5.74, 6) is -0.0303. The van der Waals surface area contributed by atoms with Gasteiger partial charge in [0.1, 0.15) is 6.54 Å². The molecule has 160 valence electrons. The van der Waals surface area contributed by atoms with Crippen molar-refractivity contribution in [3.05, 3.63) is 96.2 Å². The van der Waals surface area contributed by atoms with Gasteiger partial charge < -0.3 is 10.2 Å². The number of fused-ring (bicyclic) bond motifs is 1. The van der Waals surface area contributed by atoms with E-state index < -0.39 is 0 Å². The number of piperidine rings is 1. The Morgan fingerprint density at radius 3 is 2.44 bits per heavy atom. The normalized spacial score (nSPS) is 18.4. The van der Waals surface area contributed by atoms with Gasteiger partial charge in [0, 0.05) is 36.0 Å². The maximum atomic E-state index is 13.3. The molecule has 0 radical (unpaired) electrons. The van der Waals surface area contributed by atoms with Crippen LogP contribution >= 0.6 is 0 Å². The number of likely N-dealkylation sites (tertiary alicyclic amines) is 1. The molecule has 0 spiro atoms. The van der Waals surface area contributed by atoms with Crippen LogP contribution in [0, 0.1) is 0 Å². The fourth-order valence-corrected chi connectivity index (χ4v) is 4.50. The molecule has 0 unspecified atom stereocenters. The smallest absolute Gasteiger partial charge is 0.252 e. The number of rotatable bonds is 5. The zero-order valence-corrected chi connectivity index (χ0v) is 18.0. The second-order valence-electron chi connectivity index (χ2n) is 8.45. The van der Waals surface area contributed by atoms with Crippen LogP contribution in [0.1, 0.15) is 28.8 Å². The number of para-hydroxylation sites is 1. The number of nitrogens with one attached hydrogen (secondary N) is 2. The monoisotopic (exact) mass is 423 g/mol. The number of hydrogen-bond acceptors (Lipinski definition) is 3. The van der Waals surface area contributed by atoms with Crippen molar-refractivity contribution >= 4 is 16.8 Å². The quantitative estimate of drug-likeness (QED) is 0.518. The number of pyridine rings is 2. The van der Waals surface area contributed by atoms with Gasteiger partial charge in [-0.15, -0.1) is 0 Å². The van der Waals surface area contributed by atoms with Crippen LogP contribution in [0.25, 0.3) is 22.3 Å². The first-order chi connectivity index (χ1) is 15.8. The van der Waals surface area contributed by atoms with Gasteiger partial charge in [-0.25, -0.2) is 4.98 Å². The van der Waals surface area contributed by atoms with E-state index in [0.717, 1.165) is 54.8 Å². The van der Waals surface area contributed by atoms with Crippen LogP contribution in [0.3, 0.4) is 0 Å². The molecular weight excluding hydrogens is 396 g/mol. The van der Waals surface area contributed by atoms with Gasteiger partial charge in [0.15, 0.2) is 0 Å². The molecular formula is C27H27N4O+. The van der Waals surface area contributed by atoms with Gasteiger partial charge in [0.25, 0.3) is 5.91 Å². The SMILES string of the molecule is O=C(NC1CC[NH+](Cc2ccccc2)CC1)c1cc(-c2ccccn2)nc2ccccc12. The van der Waals surface area contributed by atoms with E-state index in [-0.39, 0.29) is 11.9 Å². The van der Waals surface area contributed by atoms with Crippen molar-refractivity contribution in [1.82, 2.24) is 15.3 Å². The minimum absolute atomic E-state index is 0.0303. The Hall–Kier alpha value is -3.57. The van der Waals surface area contributed by atoms with Gasteiger partial charge in [0.05, 0.1) is 35.6 Å². The predicted octanol–water partition coefficient (Wildman–Crippen LogP) is 3.27. The molecule has 1 saturated heterocycles. The molecule has 0 bridgehead atoms. The molecule has 2 aromatic heterocycles. The summed E-state index contributed by atoms with van der Waals surface area (Å²) in [6, 6.07) is 26.3. The summed E-state index contributed by atoms with van der Waals surface area (Å²) in [4.78, 5) is 24.1. The fourth-order valence-electron chi connectivity index (χ4n) is 4.50. The molecule has 5 heteroatoms. The summed E-state index contributed by atoms with van der Waals surface area (Å²) in [6.07, 6.45) is 3.73. The number of hydrogen-bond donors (Lipinski definition) is 2. The first-order valence-electron chi connectivity index (χ1n) is 11.3. The lowest BCUT2D eigenvalue weighted by Crippen LogP contribution is -3.12. The lowest BCUT2D eigenvalue weighted by Gasteiger charge is -2.30. The van der Waals surface area contributed by atoms with Crippen molar-refractivity contribution in [2.24, 2.45) is 0 Å². The van der Waals surface area contributed by atoms with E-state index in [4.69, 9.17) is 4.98 Å². The first-order valence-corrected chi connectivity index (χ1v) is 11.3. The topological polar surface area (TPSA) is 59.3 Å². The largest absolute Gasteiger partial charge is 0.349 e. The van der Waals surface area contributed by atoms with Crippen LogP contribution in [0.2, 0.25) is 0 Å². The minimum Gasteiger partial charge on any atom is -0.349 e. The highest BCUT2D eigenvalue weighted by molar-refractivity contribution is 6.07. The van der Waals surface area contributed by atoms with Crippen LogP contribution in [-0.4, -0.2) is 35.0 Å². The molecule has 4 aromatic rings. The van der Waals surface area contributed by atoms with Crippen LogP contribution in [-0.2, 0) is 6.54 Å². The van der Waals surface area contributed by atoms with E-state index in [1.165, 1.54) is 5.56 Å². The predicted molar refractivity (Wildman–Crippen MR) is 126 cm³/mol. The number of benzene rings is 2. The molecule has 0 atom stereocenters. The molecule has 5 nitrogen and oxygen atoms in total. The van der Waals surface area contributed by atoms with Crippen LogP contribution in [0.15, 0.2) is 85.1 Å². The Labute approximate surface area is 188 Å². The third kappa shape index (κ3) is 4.53. The molecule has 3 heterocycles. The number of carbonyl (C=O) groups excluding carboxylic acids is 1. The highest BCUT2D eigenvalue weighted by atomic mass is 16.1. The molecule has 32 heavy (non-hydrogen) atoms. The van der Waals surface area contributed by atoms with Crippen molar-refractivity contribution in [1.29, 1.82) is 0 Å². The van der Waals surface area contributed by atoms with E-state index in [9.17, 15) is 4.79 Å². The van der Waals surface area contributed by atoms with Gasteiger partial charge >= 0.3 is 0 Å². The zero-order chi connectivity index (χ0) is 21.8. The van der Waals surface area contributed by atoms with Crippen LogP contribution < -0.4 is 10.2 Å². The first kappa shape index (κ1) is 20.3. The highest BCUT2D eigenvalue weighted by Gasteiger charge is 2.25. The van der Waals surface area contributed by atoms with E-state index in [2.05, 4.69) is 40.6 Å². The number of aromatic nitrogens is 2. The summed E-state index contributed by atoms with van der Waals surface area (Å²) < 4.78 is 0. The number of quaternary nitrogens is 1. The lowest BCUT2D eigenvalue weighted by atomic mass is 10.0. The van der Waals surface area contributed by atoms with Gasteiger partial charge in [0.2, 0.25) is 0 Å². The summed E-state index contributed by atoms with van der Waals surface area (Å²) in [5, 5.41) is 4.16. The van der Waals surface area contributed by atoms with Crippen molar-refractivity contribution < 1.29 is 9.69 Å². The molecule has 0 saturated carbocycles. The van der Waals surface area contributed by atoms with Crippen molar-refractivity contribution in [2.45, 2.75) is 25.4 Å². The molecule has 5 rings (SSSR count). The number of carbonyl (C=O) groups is 1. The Bertz CT molecular complexity index is 1200. The maximum absolute atomic E-state index is 13.3. The summed E-state index contributed by atoms with van der Waals surface area (Å²) in [5.41, 5.74) is 4.33. The van der Waals surface area contributed by atoms with Crippen LogP contribution in [0.5, 0.6) is 0 Å². The Kier molecular flexibility index (Phi) is 5.90. The van der Waals surface area contributed by atoms with Gasteiger partial charge in [-0.05, 0) is 24.3 Å². The molecule has 1 amide bonds.